The molecule has 0 aliphatic carbocycles. The number of benzene rings is 2. The van der Waals surface area contributed by atoms with E-state index in [0.717, 1.165) is 0 Å². The Morgan fingerprint density at radius 1 is 1.15 bits per heavy atom. The maximum atomic E-state index is 12.8. The number of rotatable bonds is 8. The van der Waals surface area contributed by atoms with Gasteiger partial charge in [-0.15, -0.1) is 5.10 Å². The lowest BCUT2D eigenvalue weighted by Gasteiger charge is -2.11. The molecule has 14 heteroatoms. The number of nitrogens with zero attached hydrogens (tertiary/aromatic N) is 6. The van der Waals surface area contributed by atoms with Crippen molar-refractivity contribution >= 4 is 29.5 Å². The number of hydrogen-bond donors (Lipinski definition) is 5. The minimum Gasteiger partial charge on any atom is -0.508 e. The van der Waals surface area contributed by atoms with Gasteiger partial charge < -0.3 is 21.9 Å². The van der Waals surface area contributed by atoms with Gasteiger partial charge >= 0.3 is 0 Å². The van der Waals surface area contributed by atoms with E-state index in [9.17, 15) is 14.7 Å². The van der Waals surface area contributed by atoms with Crippen molar-refractivity contribution in [2.45, 2.75) is 6.54 Å². The fraction of sp³-hybridized carbons (Fsp3) is 0.0500. The maximum Gasteiger partial charge on any atom is 0.293 e. The van der Waals surface area contributed by atoms with Crippen LogP contribution in [0.15, 0.2) is 58.3 Å². The molecule has 0 aliphatic rings. The SMILES string of the molecule is NC(=O)c1ccccc1NCc1c(C(=O)NN=Cc2ccc(O)cc2)nnn1-c1nonc1N. The number of carbonyl (C=O) groups excluding carboxylic acids is 2. The molecule has 2 amide bonds. The quantitative estimate of drug-likeness (QED) is 0.180. The minimum atomic E-state index is -0.670. The Kier molecular flexibility index (Phi) is 6.11. The summed E-state index contributed by atoms with van der Waals surface area (Å²) in [5, 5.41) is 31.3. The van der Waals surface area contributed by atoms with Gasteiger partial charge in [0, 0.05) is 5.69 Å². The molecule has 0 aliphatic heterocycles. The molecule has 0 atom stereocenters. The topological polar surface area (TPSA) is 212 Å². The van der Waals surface area contributed by atoms with Crippen LogP contribution >= 0.6 is 0 Å². The van der Waals surface area contributed by atoms with Gasteiger partial charge in [0.05, 0.1) is 24.0 Å². The molecule has 2 aromatic carbocycles. The first-order valence-electron chi connectivity index (χ1n) is 9.72. The van der Waals surface area contributed by atoms with E-state index in [2.05, 4.69) is 41.1 Å². The summed E-state index contributed by atoms with van der Waals surface area (Å²) in [4.78, 5) is 24.5. The number of amides is 2. The summed E-state index contributed by atoms with van der Waals surface area (Å²) in [6, 6.07) is 12.8. The van der Waals surface area contributed by atoms with Crippen LogP contribution < -0.4 is 22.2 Å². The van der Waals surface area contributed by atoms with E-state index in [4.69, 9.17) is 11.5 Å². The second kappa shape index (κ2) is 9.47. The summed E-state index contributed by atoms with van der Waals surface area (Å²) >= 11 is 0. The second-order valence-corrected chi connectivity index (χ2v) is 6.82. The molecule has 2 heterocycles. The average molecular weight is 462 g/mol. The van der Waals surface area contributed by atoms with Crippen molar-refractivity contribution in [2.24, 2.45) is 10.8 Å². The highest BCUT2D eigenvalue weighted by Crippen LogP contribution is 2.19. The molecular weight excluding hydrogens is 444 g/mol. The van der Waals surface area contributed by atoms with Crippen LogP contribution in [0, 0.1) is 0 Å². The Hall–Kier alpha value is -5.27. The van der Waals surface area contributed by atoms with E-state index >= 15 is 0 Å². The molecule has 0 bridgehead atoms. The minimum absolute atomic E-state index is 0.0198. The van der Waals surface area contributed by atoms with Crippen molar-refractivity contribution in [3.05, 3.63) is 71.0 Å². The highest BCUT2D eigenvalue weighted by Gasteiger charge is 2.24. The number of carbonyl (C=O) groups is 2. The smallest absolute Gasteiger partial charge is 0.293 e. The first kappa shape index (κ1) is 21.9. The Morgan fingerprint density at radius 2 is 1.91 bits per heavy atom. The van der Waals surface area contributed by atoms with Crippen molar-refractivity contribution < 1.29 is 19.3 Å². The van der Waals surface area contributed by atoms with Crippen LogP contribution in [-0.2, 0) is 6.54 Å². The van der Waals surface area contributed by atoms with E-state index in [0.29, 0.717) is 11.3 Å². The number of anilines is 2. The monoisotopic (exact) mass is 462 g/mol. The number of nitrogens with one attached hydrogen (secondary N) is 2. The van der Waals surface area contributed by atoms with E-state index < -0.39 is 11.8 Å². The number of aromatic nitrogens is 5. The Bertz CT molecular complexity index is 1360. The molecule has 0 unspecified atom stereocenters. The van der Waals surface area contributed by atoms with Gasteiger partial charge in [0.15, 0.2) is 5.69 Å². The summed E-state index contributed by atoms with van der Waals surface area (Å²) in [6.07, 6.45) is 1.39. The van der Waals surface area contributed by atoms with Gasteiger partial charge in [0.1, 0.15) is 5.75 Å². The molecule has 7 N–H and O–H groups in total. The van der Waals surface area contributed by atoms with Gasteiger partial charge in [-0.25, -0.2) is 10.1 Å². The molecule has 4 rings (SSSR count). The fourth-order valence-electron chi connectivity index (χ4n) is 2.95. The van der Waals surface area contributed by atoms with E-state index in [1.807, 2.05) is 0 Å². The number of nitrogens with two attached hydrogens (primary N) is 2. The lowest BCUT2D eigenvalue weighted by atomic mass is 10.1. The summed E-state index contributed by atoms with van der Waals surface area (Å²) in [6.45, 7) is -0.0198. The summed E-state index contributed by atoms with van der Waals surface area (Å²) in [5.74, 6) is -1.23. The standard InChI is InChI=1S/C20H18N10O4/c21-17-19(28-34-27-17)30-15(10-23-14-4-2-1-3-13(14)18(22)32)16(25-29-30)20(33)26-24-9-11-5-7-12(31)8-6-11/h1-9,23,31H,10H2,(H2,21,27)(H2,22,32)(H,26,33). The molecule has 0 saturated heterocycles. The van der Waals surface area contributed by atoms with Gasteiger partial charge in [-0.2, -0.15) is 9.78 Å². The van der Waals surface area contributed by atoms with Crippen LogP contribution in [0.1, 0.15) is 32.1 Å². The van der Waals surface area contributed by atoms with Crippen molar-refractivity contribution in [3.63, 3.8) is 0 Å². The zero-order valence-corrected chi connectivity index (χ0v) is 17.4. The number of aromatic hydroxyl groups is 1. The lowest BCUT2D eigenvalue weighted by Crippen LogP contribution is -2.22. The molecule has 34 heavy (non-hydrogen) atoms. The predicted octanol–water partition coefficient (Wildman–Crippen LogP) is 0.413. The van der Waals surface area contributed by atoms with Crippen molar-refractivity contribution in [3.8, 4) is 11.6 Å². The molecule has 0 saturated carbocycles. The first-order valence-corrected chi connectivity index (χ1v) is 9.72. The van der Waals surface area contributed by atoms with Crippen LogP contribution in [0.3, 0.4) is 0 Å². The summed E-state index contributed by atoms with van der Waals surface area (Å²) < 4.78 is 5.81. The van der Waals surface area contributed by atoms with Crippen molar-refractivity contribution in [1.29, 1.82) is 0 Å². The molecule has 0 radical (unpaired) electrons. The van der Waals surface area contributed by atoms with Gasteiger partial charge in [-0.1, -0.05) is 17.3 Å². The number of primary amides is 1. The van der Waals surface area contributed by atoms with Gasteiger partial charge in [-0.3, -0.25) is 9.59 Å². The summed E-state index contributed by atoms with van der Waals surface area (Å²) in [7, 11) is 0. The fourth-order valence-corrected chi connectivity index (χ4v) is 2.95. The van der Waals surface area contributed by atoms with Crippen LogP contribution in [0.4, 0.5) is 11.5 Å². The van der Waals surface area contributed by atoms with Crippen LogP contribution in [0.25, 0.3) is 5.82 Å². The third kappa shape index (κ3) is 4.64. The third-order valence-electron chi connectivity index (χ3n) is 4.59. The Balaban J connectivity index is 1.60. The van der Waals surface area contributed by atoms with E-state index in [1.54, 1.807) is 36.4 Å². The molecular formula is C20H18N10O4. The van der Waals surface area contributed by atoms with Gasteiger partial charge in [0.25, 0.3) is 11.8 Å². The lowest BCUT2D eigenvalue weighted by molar-refractivity contribution is 0.0947. The van der Waals surface area contributed by atoms with Crippen LogP contribution in [-0.4, -0.2) is 48.4 Å². The van der Waals surface area contributed by atoms with Gasteiger partial charge in [-0.05, 0) is 52.3 Å². The van der Waals surface area contributed by atoms with E-state index in [-0.39, 0.29) is 40.9 Å². The number of phenolic OH excluding ortho intramolecular Hbond substituents is 1. The first-order chi connectivity index (χ1) is 16.4. The number of hydrazone groups is 1. The number of hydrogen-bond acceptors (Lipinski definition) is 11. The second-order valence-electron chi connectivity index (χ2n) is 6.82. The van der Waals surface area contributed by atoms with Crippen LogP contribution in [0.2, 0.25) is 0 Å². The van der Waals surface area contributed by atoms with Crippen LogP contribution in [0.5, 0.6) is 5.75 Å². The Labute approximate surface area is 191 Å². The Morgan fingerprint density at radius 3 is 2.62 bits per heavy atom. The van der Waals surface area contributed by atoms with Crippen molar-refractivity contribution in [1.82, 2.24) is 30.7 Å². The highest BCUT2D eigenvalue weighted by molar-refractivity contribution is 5.98. The van der Waals surface area contributed by atoms with Crippen molar-refractivity contribution in [2.75, 3.05) is 11.1 Å². The largest absolute Gasteiger partial charge is 0.508 e. The zero-order chi connectivity index (χ0) is 24.1. The molecule has 2 aromatic heterocycles. The molecule has 172 valence electrons. The molecule has 4 aromatic rings. The summed E-state index contributed by atoms with van der Waals surface area (Å²) in [5.41, 5.74) is 15.1. The molecule has 14 nitrogen and oxygen atoms in total. The average Bonchev–Trinajstić information content (AvgIpc) is 3.44. The van der Waals surface area contributed by atoms with E-state index in [1.165, 1.54) is 23.0 Å². The normalized spacial score (nSPS) is 10.9. The van der Waals surface area contributed by atoms with Gasteiger partial charge in [0.2, 0.25) is 11.6 Å². The maximum absolute atomic E-state index is 12.8. The molecule has 0 spiro atoms. The third-order valence-corrected chi connectivity index (χ3v) is 4.59. The number of para-hydroxylation sites is 1. The highest BCUT2D eigenvalue weighted by atomic mass is 16.6. The number of phenols is 1. The number of nitrogen functional groups attached to an aromatic ring is 1. The zero-order valence-electron chi connectivity index (χ0n) is 17.4. The predicted molar refractivity (Wildman–Crippen MR) is 119 cm³/mol. The molecule has 0 fully saturated rings.